The molecule has 7 nitrogen and oxygen atoms in total. The Morgan fingerprint density at radius 2 is 2.10 bits per heavy atom. The van der Waals surface area contributed by atoms with Crippen LogP contribution in [0, 0.1) is 5.92 Å². The van der Waals surface area contributed by atoms with Gasteiger partial charge >= 0.3 is 5.97 Å². The molecular weight excluding hydrogens is 274 g/mol. The first kappa shape index (κ1) is 15.2. The number of nitrogens with one attached hydrogen (secondary N) is 2. The van der Waals surface area contributed by atoms with E-state index in [4.69, 9.17) is 5.11 Å². The molecule has 0 radical (unpaired) electrons. The van der Waals surface area contributed by atoms with Gasteiger partial charge in [0.1, 0.15) is 5.56 Å². The number of carbonyl (C=O) groups excluding carboxylic acids is 1. The molecule has 1 aliphatic carbocycles. The second-order valence-electron chi connectivity index (χ2n) is 5.38. The Balaban J connectivity index is 2.10. The molecule has 1 unspecified atom stereocenters. The van der Waals surface area contributed by atoms with Crippen LogP contribution in [0.25, 0.3) is 0 Å². The van der Waals surface area contributed by atoms with Crippen LogP contribution in [0.2, 0.25) is 0 Å². The van der Waals surface area contributed by atoms with E-state index in [1.54, 1.807) is 0 Å². The van der Waals surface area contributed by atoms with Crippen LogP contribution in [-0.4, -0.2) is 33.2 Å². The van der Waals surface area contributed by atoms with Crippen molar-refractivity contribution in [3.8, 4) is 0 Å². The Hall–Kier alpha value is -2.18. The van der Waals surface area contributed by atoms with Gasteiger partial charge in [-0.3, -0.25) is 14.4 Å². The van der Waals surface area contributed by atoms with Crippen molar-refractivity contribution in [3.05, 3.63) is 28.2 Å². The average Bonchev–Trinajstić information content (AvgIpc) is 2.47. The number of H-pyrrole nitrogens is 1. The minimum Gasteiger partial charge on any atom is -0.481 e. The first-order valence-corrected chi connectivity index (χ1v) is 7.14. The molecule has 0 aromatic carbocycles. The van der Waals surface area contributed by atoms with E-state index in [2.05, 4.69) is 15.5 Å². The molecule has 0 saturated heterocycles. The van der Waals surface area contributed by atoms with E-state index in [1.165, 1.54) is 12.3 Å². The molecule has 2 rings (SSSR count). The molecular formula is C14H19N3O4. The number of aromatic amines is 1. The second kappa shape index (κ2) is 7.01. The molecule has 1 aliphatic rings. The van der Waals surface area contributed by atoms with E-state index in [-0.39, 0.29) is 17.9 Å². The van der Waals surface area contributed by atoms with Crippen LogP contribution in [-0.2, 0) is 4.79 Å². The smallest absolute Gasteiger partial charge is 0.305 e. The number of rotatable bonds is 5. The van der Waals surface area contributed by atoms with E-state index in [0.717, 1.165) is 32.1 Å². The third-order valence-electron chi connectivity index (χ3n) is 3.90. The van der Waals surface area contributed by atoms with Crippen molar-refractivity contribution in [1.82, 2.24) is 15.5 Å². The summed E-state index contributed by atoms with van der Waals surface area (Å²) in [4.78, 5) is 34.7. The molecule has 3 N–H and O–H groups in total. The van der Waals surface area contributed by atoms with Crippen LogP contribution in [0.4, 0.5) is 0 Å². The van der Waals surface area contributed by atoms with Crippen molar-refractivity contribution in [1.29, 1.82) is 0 Å². The standard InChI is InChI=1S/C14H19N3O4/c18-12(19)8-11(9-4-2-1-3-5-9)16-13(20)10-6-7-15-17-14(10)21/h6-7,9,11H,1-5,8H2,(H,16,20)(H,17,21)(H,18,19). The normalized spacial score (nSPS) is 17.1. The Morgan fingerprint density at radius 1 is 1.38 bits per heavy atom. The highest BCUT2D eigenvalue weighted by Crippen LogP contribution is 2.27. The van der Waals surface area contributed by atoms with Gasteiger partial charge in [-0.2, -0.15) is 5.10 Å². The summed E-state index contributed by atoms with van der Waals surface area (Å²) in [5, 5.41) is 17.5. The Morgan fingerprint density at radius 3 is 2.71 bits per heavy atom. The van der Waals surface area contributed by atoms with Crippen molar-refractivity contribution in [2.75, 3.05) is 0 Å². The molecule has 1 amide bonds. The molecule has 1 aromatic rings. The Kier molecular flexibility index (Phi) is 5.08. The lowest BCUT2D eigenvalue weighted by Gasteiger charge is -2.29. The van der Waals surface area contributed by atoms with Crippen molar-refractivity contribution >= 4 is 11.9 Å². The summed E-state index contributed by atoms with van der Waals surface area (Å²) in [6, 6.07) is 0.884. The van der Waals surface area contributed by atoms with Crippen LogP contribution in [0.5, 0.6) is 0 Å². The van der Waals surface area contributed by atoms with E-state index >= 15 is 0 Å². The number of aromatic nitrogens is 2. The van der Waals surface area contributed by atoms with Gasteiger partial charge in [-0.15, -0.1) is 0 Å². The van der Waals surface area contributed by atoms with E-state index in [0.29, 0.717) is 0 Å². The monoisotopic (exact) mass is 293 g/mol. The molecule has 21 heavy (non-hydrogen) atoms. The summed E-state index contributed by atoms with van der Waals surface area (Å²) in [6.45, 7) is 0. The van der Waals surface area contributed by atoms with Crippen molar-refractivity contribution in [3.63, 3.8) is 0 Å². The summed E-state index contributed by atoms with van der Waals surface area (Å²) in [5.74, 6) is -1.34. The van der Waals surface area contributed by atoms with Gasteiger partial charge in [-0.05, 0) is 24.8 Å². The summed E-state index contributed by atoms with van der Waals surface area (Å²) in [5.41, 5.74) is -0.621. The minimum atomic E-state index is -0.950. The third-order valence-corrected chi connectivity index (χ3v) is 3.90. The second-order valence-corrected chi connectivity index (χ2v) is 5.38. The Bertz CT molecular complexity index is 563. The fourth-order valence-electron chi connectivity index (χ4n) is 2.83. The molecule has 0 aliphatic heterocycles. The topological polar surface area (TPSA) is 112 Å². The molecule has 114 valence electrons. The van der Waals surface area contributed by atoms with Crippen LogP contribution >= 0.6 is 0 Å². The van der Waals surface area contributed by atoms with Crippen LogP contribution in [0.1, 0.15) is 48.9 Å². The average molecular weight is 293 g/mol. The zero-order valence-corrected chi connectivity index (χ0v) is 11.7. The summed E-state index contributed by atoms with van der Waals surface area (Å²) < 4.78 is 0. The molecule has 1 heterocycles. The molecule has 1 aromatic heterocycles. The first-order chi connectivity index (χ1) is 10.1. The highest BCUT2D eigenvalue weighted by atomic mass is 16.4. The van der Waals surface area contributed by atoms with E-state index in [1.807, 2.05) is 0 Å². The van der Waals surface area contributed by atoms with Crippen LogP contribution in [0.3, 0.4) is 0 Å². The van der Waals surface area contributed by atoms with Crippen LogP contribution in [0.15, 0.2) is 17.1 Å². The summed E-state index contributed by atoms with van der Waals surface area (Å²) in [6.07, 6.45) is 6.26. The zero-order chi connectivity index (χ0) is 15.2. The van der Waals surface area contributed by atoms with Gasteiger partial charge in [0, 0.05) is 12.2 Å². The van der Waals surface area contributed by atoms with Crippen molar-refractivity contribution < 1.29 is 14.7 Å². The summed E-state index contributed by atoms with van der Waals surface area (Å²) >= 11 is 0. The lowest BCUT2D eigenvalue weighted by Crippen LogP contribution is -2.44. The largest absolute Gasteiger partial charge is 0.481 e. The number of carboxylic acids is 1. The molecule has 1 saturated carbocycles. The number of carboxylic acid groups (broad SMARTS) is 1. The van der Waals surface area contributed by atoms with E-state index in [9.17, 15) is 14.4 Å². The van der Waals surface area contributed by atoms with E-state index < -0.39 is 23.5 Å². The maximum absolute atomic E-state index is 12.1. The maximum Gasteiger partial charge on any atom is 0.305 e. The maximum atomic E-state index is 12.1. The molecule has 0 bridgehead atoms. The zero-order valence-electron chi connectivity index (χ0n) is 11.7. The Labute approximate surface area is 121 Å². The number of aliphatic carboxylic acids is 1. The van der Waals surface area contributed by atoms with Gasteiger partial charge < -0.3 is 10.4 Å². The molecule has 1 atom stereocenters. The third kappa shape index (κ3) is 4.14. The number of hydrogen-bond donors (Lipinski definition) is 3. The SMILES string of the molecule is O=C(O)CC(NC(=O)c1ccn[nH]c1=O)C1CCCCC1. The summed E-state index contributed by atoms with van der Waals surface area (Å²) in [7, 11) is 0. The number of nitrogens with zero attached hydrogens (tertiary/aromatic N) is 1. The lowest BCUT2D eigenvalue weighted by atomic mass is 9.82. The predicted octanol–water partition coefficient (Wildman–Crippen LogP) is 0.923. The molecule has 0 spiro atoms. The number of amides is 1. The van der Waals surface area contributed by atoms with Crippen molar-refractivity contribution in [2.45, 2.75) is 44.6 Å². The van der Waals surface area contributed by atoms with Crippen LogP contribution < -0.4 is 10.9 Å². The van der Waals surface area contributed by atoms with Gasteiger partial charge in [-0.1, -0.05) is 19.3 Å². The quantitative estimate of drug-likeness (QED) is 0.747. The highest BCUT2D eigenvalue weighted by molar-refractivity contribution is 5.94. The lowest BCUT2D eigenvalue weighted by molar-refractivity contribution is -0.137. The predicted molar refractivity (Wildman–Crippen MR) is 74.9 cm³/mol. The van der Waals surface area contributed by atoms with Gasteiger partial charge in [-0.25, -0.2) is 5.10 Å². The minimum absolute atomic E-state index is 0.0452. The number of hydrogen-bond acceptors (Lipinski definition) is 4. The van der Waals surface area contributed by atoms with Gasteiger partial charge in [0.15, 0.2) is 0 Å². The number of carbonyl (C=O) groups is 2. The fourth-order valence-corrected chi connectivity index (χ4v) is 2.83. The molecule has 1 fully saturated rings. The van der Waals surface area contributed by atoms with Gasteiger partial charge in [0.25, 0.3) is 11.5 Å². The fraction of sp³-hybridized carbons (Fsp3) is 0.571. The first-order valence-electron chi connectivity index (χ1n) is 7.14. The van der Waals surface area contributed by atoms with Crippen molar-refractivity contribution in [2.24, 2.45) is 5.92 Å². The molecule has 7 heteroatoms. The van der Waals surface area contributed by atoms with Gasteiger partial charge in [0.2, 0.25) is 0 Å². The highest BCUT2D eigenvalue weighted by Gasteiger charge is 2.27. The van der Waals surface area contributed by atoms with Gasteiger partial charge in [0.05, 0.1) is 6.42 Å².